The van der Waals surface area contributed by atoms with Crippen LogP contribution >= 0.6 is 11.6 Å². The lowest BCUT2D eigenvalue weighted by Gasteiger charge is -2.22. The van der Waals surface area contributed by atoms with Crippen LogP contribution in [0.2, 0.25) is 5.02 Å². The van der Waals surface area contributed by atoms with Crippen molar-refractivity contribution >= 4 is 23.5 Å². The monoisotopic (exact) mass is 266 g/mol. The summed E-state index contributed by atoms with van der Waals surface area (Å²) in [5.41, 5.74) is 2.01. The third kappa shape index (κ3) is 1.86. The van der Waals surface area contributed by atoms with Crippen molar-refractivity contribution in [3.05, 3.63) is 28.3 Å². The Labute approximate surface area is 109 Å². The number of hydrogen-bond donors (Lipinski definition) is 0. The Bertz CT molecular complexity index is 522. The van der Waals surface area contributed by atoms with Crippen LogP contribution in [0.5, 0.6) is 5.75 Å². The summed E-state index contributed by atoms with van der Waals surface area (Å²) in [4.78, 5) is 22.6. The van der Waals surface area contributed by atoms with E-state index in [1.54, 1.807) is 6.07 Å². The van der Waals surface area contributed by atoms with Gasteiger partial charge in [0, 0.05) is 17.9 Å². The van der Waals surface area contributed by atoms with Gasteiger partial charge in [0.25, 0.3) is 0 Å². The zero-order chi connectivity index (χ0) is 12.7. The van der Waals surface area contributed by atoms with Crippen LogP contribution in [0.4, 0.5) is 0 Å². The third-order valence-electron chi connectivity index (χ3n) is 3.34. The highest BCUT2D eigenvalue weighted by atomic mass is 35.5. The molecule has 0 N–H and O–H groups in total. The molecule has 1 aromatic rings. The molecular formula is C13H11ClO4. The van der Waals surface area contributed by atoms with E-state index in [1.165, 1.54) is 0 Å². The molecule has 0 spiro atoms. The van der Waals surface area contributed by atoms with E-state index in [1.807, 2.05) is 6.07 Å². The Morgan fingerprint density at radius 1 is 1.17 bits per heavy atom. The van der Waals surface area contributed by atoms with E-state index in [0.717, 1.165) is 17.5 Å². The highest BCUT2D eigenvalue weighted by Gasteiger charge is 2.32. The summed E-state index contributed by atoms with van der Waals surface area (Å²) in [7, 11) is 0. The minimum absolute atomic E-state index is 0.119. The number of ether oxygens (including phenoxy) is 2. The molecule has 2 aliphatic heterocycles. The molecule has 5 heteroatoms. The van der Waals surface area contributed by atoms with E-state index >= 15 is 0 Å². The number of hydrogen-bond acceptors (Lipinski definition) is 4. The fraction of sp³-hybridized carbons (Fsp3) is 0.385. The van der Waals surface area contributed by atoms with Gasteiger partial charge in [-0.15, -0.1) is 0 Å². The smallest absolute Gasteiger partial charge is 0.314 e. The number of fused-ring (bicyclic) bond motifs is 1. The van der Waals surface area contributed by atoms with Gasteiger partial charge >= 0.3 is 11.9 Å². The van der Waals surface area contributed by atoms with E-state index in [2.05, 4.69) is 4.74 Å². The second-order valence-electron chi connectivity index (χ2n) is 4.49. The Kier molecular flexibility index (Phi) is 2.74. The van der Waals surface area contributed by atoms with Crippen LogP contribution in [0.15, 0.2) is 12.1 Å². The summed E-state index contributed by atoms with van der Waals surface area (Å²) >= 11 is 6.05. The minimum atomic E-state index is -0.459. The average molecular weight is 267 g/mol. The average Bonchev–Trinajstić information content (AvgIpc) is 2.77. The summed E-state index contributed by atoms with van der Waals surface area (Å²) in [6.45, 7) is 0.594. The van der Waals surface area contributed by atoms with E-state index in [0.29, 0.717) is 17.4 Å². The van der Waals surface area contributed by atoms with E-state index in [9.17, 15) is 9.59 Å². The fourth-order valence-corrected chi connectivity index (χ4v) is 2.80. The van der Waals surface area contributed by atoms with Gasteiger partial charge in [-0.2, -0.15) is 0 Å². The van der Waals surface area contributed by atoms with Crippen LogP contribution in [0.3, 0.4) is 0 Å². The van der Waals surface area contributed by atoms with Gasteiger partial charge in [0.15, 0.2) is 0 Å². The van der Waals surface area contributed by atoms with E-state index in [-0.39, 0.29) is 18.8 Å². The predicted octanol–water partition coefficient (Wildman–Crippen LogP) is 2.22. The lowest BCUT2D eigenvalue weighted by atomic mass is 9.87. The molecule has 18 heavy (non-hydrogen) atoms. The van der Waals surface area contributed by atoms with Gasteiger partial charge in [0.2, 0.25) is 0 Å². The summed E-state index contributed by atoms with van der Waals surface area (Å²) in [5, 5.41) is 0.580. The largest absolute Gasteiger partial charge is 0.491 e. The number of halogens is 1. The summed E-state index contributed by atoms with van der Waals surface area (Å²) in [5.74, 6) is -0.343. The maximum Gasteiger partial charge on any atom is 0.314 e. The van der Waals surface area contributed by atoms with Gasteiger partial charge in [0.1, 0.15) is 5.75 Å². The van der Waals surface area contributed by atoms with Gasteiger partial charge in [-0.25, -0.2) is 0 Å². The van der Waals surface area contributed by atoms with Gasteiger partial charge in [-0.05, 0) is 11.6 Å². The van der Waals surface area contributed by atoms with Crippen molar-refractivity contribution in [2.24, 2.45) is 0 Å². The molecule has 0 saturated carbocycles. The number of rotatable bonds is 1. The molecule has 0 bridgehead atoms. The summed E-state index contributed by atoms with van der Waals surface area (Å²) in [6, 6.07) is 3.64. The van der Waals surface area contributed by atoms with Crippen molar-refractivity contribution in [1.29, 1.82) is 0 Å². The number of cyclic esters (lactones) is 2. The first-order chi connectivity index (χ1) is 8.65. The van der Waals surface area contributed by atoms with Gasteiger partial charge < -0.3 is 9.47 Å². The van der Waals surface area contributed by atoms with Gasteiger partial charge in [-0.3, -0.25) is 9.59 Å². The standard InChI is InChI=1S/C13H11ClO4/c14-10-2-1-8(9-3-4-17-13(9)10)7-5-11(15)18-12(16)6-7/h1-2,7H,3-6H2. The fourth-order valence-electron chi connectivity index (χ4n) is 2.57. The van der Waals surface area contributed by atoms with E-state index < -0.39 is 11.9 Å². The molecule has 3 rings (SSSR count). The second kappa shape index (κ2) is 4.28. The van der Waals surface area contributed by atoms with Crippen LogP contribution < -0.4 is 4.74 Å². The molecule has 0 aromatic heterocycles. The molecule has 0 amide bonds. The first-order valence-electron chi connectivity index (χ1n) is 5.82. The molecule has 94 valence electrons. The van der Waals surface area contributed by atoms with Crippen LogP contribution in [-0.4, -0.2) is 18.5 Å². The highest BCUT2D eigenvalue weighted by Crippen LogP contribution is 2.41. The summed E-state index contributed by atoms with van der Waals surface area (Å²) < 4.78 is 10.0. The minimum Gasteiger partial charge on any atom is -0.491 e. The SMILES string of the molecule is O=C1CC(c2ccc(Cl)c3c2CCO3)CC(=O)O1. The zero-order valence-corrected chi connectivity index (χ0v) is 10.3. The second-order valence-corrected chi connectivity index (χ2v) is 4.90. The van der Waals surface area contributed by atoms with Crippen LogP contribution in [0.1, 0.15) is 29.9 Å². The maximum absolute atomic E-state index is 11.3. The van der Waals surface area contributed by atoms with Crippen LogP contribution in [0, 0.1) is 0 Å². The Balaban J connectivity index is 2.00. The Morgan fingerprint density at radius 2 is 1.89 bits per heavy atom. The maximum atomic E-state index is 11.3. The van der Waals surface area contributed by atoms with Crippen molar-refractivity contribution in [2.45, 2.75) is 25.2 Å². The molecule has 0 atom stereocenters. The van der Waals surface area contributed by atoms with Gasteiger partial charge in [-0.1, -0.05) is 17.7 Å². The third-order valence-corrected chi connectivity index (χ3v) is 3.64. The predicted molar refractivity (Wildman–Crippen MR) is 63.7 cm³/mol. The first-order valence-corrected chi connectivity index (χ1v) is 6.20. The normalized spacial score (nSPS) is 19.4. The zero-order valence-electron chi connectivity index (χ0n) is 9.57. The molecule has 2 heterocycles. The van der Waals surface area contributed by atoms with Gasteiger partial charge in [0.05, 0.1) is 24.5 Å². The molecule has 0 aliphatic carbocycles. The molecular weight excluding hydrogens is 256 g/mol. The summed E-state index contributed by atoms with van der Waals surface area (Å²) in [6.07, 6.45) is 1.24. The van der Waals surface area contributed by atoms with Crippen LogP contribution in [-0.2, 0) is 20.7 Å². The number of carbonyl (C=O) groups is 2. The molecule has 1 saturated heterocycles. The first kappa shape index (κ1) is 11.5. The number of benzene rings is 1. The topological polar surface area (TPSA) is 52.6 Å². The van der Waals surface area contributed by atoms with Crippen molar-refractivity contribution in [2.75, 3.05) is 6.61 Å². The van der Waals surface area contributed by atoms with E-state index in [4.69, 9.17) is 16.3 Å². The number of carbonyl (C=O) groups excluding carboxylic acids is 2. The van der Waals surface area contributed by atoms with Crippen molar-refractivity contribution < 1.29 is 19.1 Å². The van der Waals surface area contributed by atoms with Crippen molar-refractivity contribution in [3.8, 4) is 5.75 Å². The molecule has 0 radical (unpaired) electrons. The quantitative estimate of drug-likeness (QED) is 0.578. The van der Waals surface area contributed by atoms with Crippen molar-refractivity contribution in [3.63, 3.8) is 0 Å². The lowest BCUT2D eigenvalue weighted by molar-refractivity contribution is -0.163. The van der Waals surface area contributed by atoms with Crippen molar-refractivity contribution in [1.82, 2.24) is 0 Å². The Hall–Kier alpha value is -1.55. The molecule has 2 aliphatic rings. The lowest BCUT2D eigenvalue weighted by Crippen LogP contribution is -2.24. The molecule has 1 fully saturated rings. The number of esters is 2. The molecule has 4 nitrogen and oxygen atoms in total. The molecule has 0 unspecified atom stereocenters. The van der Waals surface area contributed by atoms with Crippen LogP contribution in [0.25, 0.3) is 0 Å². The molecule has 1 aromatic carbocycles. The Morgan fingerprint density at radius 3 is 2.61 bits per heavy atom. The highest BCUT2D eigenvalue weighted by molar-refractivity contribution is 6.32.